The number of aromatic nitrogens is 3. The van der Waals surface area contributed by atoms with Crippen LogP contribution in [0.3, 0.4) is 0 Å². The number of rotatable bonds is 5. The Hall–Kier alpha value is -3.32. The van der Waals surface area contributed by atoms with Gasteiger partial charge in [0, 0.05) is 20.2 Å². The molecule has 3 aromatic rings. The Labute approximate surface area is 157 Å². The summed E-state index contributed by atoms with van der Waals surface area (Å²) in [5.74, 6) is -2.45. The van der Waals surface area contributed by atoms with E-state index in [1.165, 1.54) is 32.7 Å². The van der Waals surface area contributed by atoms with Gasteiger partial charge in [-0.15, -0.1) is 0 Å². The lowest BCUT2D eigenvalue weighted by molar-refractivity contribution is 0.215. The number of pyridine rings is 1. The first-order valence-electron chi connectivity index (χ1n) is 7.63. The van der Waals surface area contributed by atoms with Gasteiger partial charge >= 0.3 is 16.3 Å². The van der Waals surface area contributed by atoms with Gasteiger partial charge in [-0.25, -0.2) is 23.5 Å². The molecule has 1 amide bonds. The molecule has 10 nitrogen and oxygen atoms in total. The van der Waals surface area contributed by atoms with E-state index in [1.807, 2.05) is 10.0 Å². The van der Waals surface area contributed by atoms with Crippen molar-refractivity contribution in [2.24, 2.45) is 0 Å². The molecule has 0 bridgehead atoms. The number of fused-ring (bicyclic) bond motifs is 1. The van der Waals surface area contributed by atoms with Crippen LogP contribution in [0.15, 0.2) is 30.7 Å². The van der Waals surface area contributed by atoms with Crippen LogP contribution in [0.25, 0.3) is 11.2 Å². The Kier molecular flexibility index (Phi) is 5.11. The van der Waals surface area contributed by atoms with Crippen LogP contribution in [0, 0.1) is 11.6 Å². The summed E-state index contributed by atoms with van der Waals surface area (Å²) in [6.45, 7) is 0. The van der Waals surface area contributed by atoms with E-state index < -0.39 is 39.3 Å². The minimum Gasteiger partial charge on any atom is -0.408 e. The van der Waals surface area contributed by atoms with E-state index in [-0.39, 0.29) is 5.75 Å². The van der Waals surface area contributed by atoms with Gasteiger partial charge in [0.05, 0.1) is 18.2 Å². The number of hydrogen-bond acceptors (Lipinski definition) is 6. The van der Waals surface area contributed by atoms with E-state index in [4.69, 9.17) is 4.74 Å². The maximum Gasteiger partial charge on any atom is 0.417 e. The molecule has 3 N–H and O–H groups in total. The van der Waals surface area contributed by atoms with E-state index in [0.717, 1.165) is 16.4 Å². The Bertz CT molecular complexity index is 1150. The first kappa shape index (κ1) is 19.4. The maximum absolute atomic E-state index is 14.5. The summed E-state index contributed by atoms with van der Waals surface area (Å²) in [5, 5.41) is 1.91. The second-order valence-corrected chi connectivity index (χ2v) is 7.51. The SMILES string of the molecule is CN(C)S(=O)(=O)Nc1ccc(F)c(NC(=O)Oc2cnc3[nH]cnc3c2)c1F. The number of amides is 1. The maximum atomic E-state index is 14.5. The van der Waals surface area contributed by atoms with Crippen LogP contribution in [-0.2, 0) is 10.2 Å². The van der Waals surface area contributed by atoms with Gasteiger partial charge in [0.25, 0.3) is 0 Å². The molecule has 0 spiro atoms. The molecule has 28 heavy (non-hydrogen) atoms. The molecule has 1 aromatic carbocycles. The number of carbonyl (C=O) groups is 1. The van der Waals surface area contributed by atoms with Gasteiger partial charge in [-0.2, -0.15) is 12.7 Å². The molecule has 0 radical (unpaired) electrons. The van der Waals surface area contributed by atoms with Crippen molar-refractivity contribution < 1.29 is 26.7 Å². The number of carbonyl (C=O) groups excluding carboxylic acids is 1. The van der Waals surface area contributed by atoms with Gasteiger partial charge < -0.3 is 9.72 Å². The van der Waals surface area contributed by atoms with Crippen molar-refractivity contribution in [3.63, 3.8) is 0 Å². The molecule has 0 aliphatic heterocycles. The quantitative estimate of drug-likeness (QED) is 0.588. The van der Waals surface area contributed by atoms with Gasteiger partial charge in [-0.3, -0.25) is 10.0 Å². The van der Waals surface area contributed by atoms with E-state index in [9.17, 15) is 22.0 Å². The first-order chi connectivity index (χ1) is 13.2. The molecule has 148 valence electrons. The van der Waals surface area contributed by atoms with Gasteiger partial charge in [-0.05, 0) is 12.1 Å². The second-order valence-electron chi connectivity index (χ2n) is 5.63. The fourth-order valence-corrected chi connectivity index (χ4v) is 2.69. The third-order valence-corrected chi connectivity index (χ3v) is 4.94. The fraction of sp³-hybridized carbons (Fsp3) is 0.133. The van der Waals surface area contributed by atoms with Crippen molar-refractivity contribution in [1.82, 2.24) is 19.3 Å². The van der Waals surface area contributed by atoms with Crippen LogP contribution in [0.5, 0.6) is 5.75 Å². The Morgan fingerprint density at radius 1 is 1.25 bits per heavy atom. The molecule has 0 atom stereocenters. The molecular formula is C15H14F2N6O4S. The predicted molar refractivity (Wildman–Crippen MR) is 96.1 cm³/mol. The molecule has 0 aliphatic rings. The van der Waals surface area contributed by atoms with Gasteiger partial charge in [-0.1, -0.05) is 0 Å². The summed E-state index contributed by atoms with van der Waals surface area (Å²) in [6, 6.07) is 3.08. The number of aromatic amines is 1. The van der Waals surface area contributed by atoms with Gasteiger partial charge in [0.1, 0.15) is 17.0 Å². The summed E-state index contributed by atoms with van der Waals surface area (Å²) >= 11 is 0. The Morgan fingerprint density at radius 2 is 2.00 bits per heavy atom. The summed E-state index contributed by atoms with van der Waals surface area (Å²) in [4.78, 5) is 22.6. The number of H-pyrrole nitrogens is 1. The summed E-state index contributed by atoms with van der Waals surface area (Å²) < 4.78 is 59.8. The number of nitrogens with zero attached hydrogens (tertiary/aromatic N) is 3. The Balaban J connectivity index is 1.80. The number of benzene rings is 1. The molecule has 13 heteroatoms. The first-order valence-corrected chi connectivity index (χ1v) is 9.07. The normalized spacial score (nSPS) is 11.6. The zero-order valence-corrected chi connectivity index (χ0v) is 15.3. The summed E-state index contributed by atoms with van der Waals surface area (Å²) in [6.07, 6.45) is 1.41. The molecular weight excluding hydrogens is 398 g/mol. The number of imidazole rings is 1. The van der Waals surface area contributed by atoms with Crippen molar-refractivity contribution in [3.05, 3.63) is 42.4 Å². The monoisotopic (exact) mass is 412 g/mol. The highest BCUT2D eigenvalue weighted by Gasteiger charge is 2.21. The van der Waals surface area contributed by atoms with Crippen LogP contribution in [-0.4, -0.2) is 47.9 Å². The largest absolute Gasteiger partial charge is 0.417 e. The summed E-state index contributed by atoms with van der Waals surface area (Å²) in [5.41, 5.74) is -0.545. The van der Waals surface area contributed by atoms with E-state index in [2.05, 4.69) is 15.0 Å². The van der Waals surface area contributed by atoms with Crippen molar-refractivity contribution in [2.75, 3.05) is 24.1 Å². The predicted octanol–water partition coefficient (Wildman–Crippen LogP) is 2.07. The number of halogens is 2. The van der Waals surface area contributed by atoms with Crippen molar-refractivity contribution in [3.8, 4) is 5.75 Å². The third-order valence-electron chi connectivity index (χ3n) is 3.50. The van der Waals surface area contributed by atoms with Crippen LogP contribution in [0.4, 0.5) is 25.0 Å². The highest BCUT2D eigenvalue weighted by molar-refractivity contribution is 7.90. The zero-order chi connectivity index (χ0) is 20.5. The molecule has 0 fully saturated rings. The van der Waals surface area contributed by atoms with Crippen molar-refractivity contribution >= 4 is 38.8 Å². The highest BCUT2D eigenvalue weighted by Crippen LogP contribution is 2.27. The molecule has 3 rings (SSSR count). The molecule has 0 unspecified atom stereocenters. The molecule has 2 aromatic heterocycles. The standard InChI is InChI=1S/C15H14F2N6O4S/c1-23(2)28(25,26)22-10-4-3-9(16)13(12(10)17)21-15(24)27-8-5-11-14(18-6-8)20-7-19-11/h3-7,22H,1-2H3,(H,21,24)(H,18,19,20). The average molecular weight is 412 g/mol. The smallest absolute Gasteiger partial charge is 0.408 e. The van der Waals surface area contributed by atoms with Gasteiger partial charge in [0.2, 0.25) is 0 Å². The van der Waals surface area contributed by atoms with Crippen LogP contribution < -0.4 is 14.8 Å². The zero-order valence-electron chi connectivity index (χ0n) is 14.5. The van der Waals surface area contributed by atoms with Crippen LogP contribution in [0.1, 0.15) is 0 Å². The van der Waals surface area contributed by atoms with Gasteiger partial charge in [0.15, 0.2) is 17.2 Å². The second kappa shape index (κ2) is 7.36. The van der Waals surface area contributed by atoms with E-state index in [1.54, 1.807) is 0 Å². The molecule has 0 saturated carbocycles. The number of hydrogen-bond donors (Lipinski definition) is 3. The lowest BCUT2D eigenvalue weighted by Gasteiger charge is -2.15. The fourth-order valence-electron chi connectivity index (χ4n) is 2.07. The minimum atomic E-state index is -4.04. The van der Waals surface area contributed by atoms with Crippen LogP contribution in [0.2, 0.25) is 0 Å². The topological polar surface area (TPSA) is 129 Å². The van der Waals surface area contributed by atoms with Crippen molar-refractivity contribution in [1.29, 1.82) is 0 Å². The van der Waals surface area contributed by atoms with E-state index in [0.29, 0.717) is 11.2 Å². The Morgan fingerprint density at radius 3 is 2.71 bits per heavy atom. The minimum absolute atomic E-state index is 0.0117. The number of ether oxygens (including phenoxy) is 1. The lowest BCUT2D eigenvalue weighted by Crippen LogP contribution is -2.29. The highest BCUT2D eigenvalue weighted by atomic mass is 32.2. The molecule has 0 saturated heterocycles. The molecule has 0 aliphatic carbocycles. The van der Waals surface area contributed by atoms with E-state index >= 15 is 0 Å². The molecule has 2 heterocycles. The summed E-state index contributed by atoms with van der Waals surface area (Å²) in [7, 11) is -1.58. The third kappa shape index (κ3) is 3.99. The number of nitrogens with one attached hydrogen (secondary N) is 3. The lowest BCUT2D eigenvalue weighted by atomic mass is 10.2. The van der Waals surface area contributed by atoms with Crippen molar-refractivity contribution in [2.45, 2.75) is 0 Å². The average Bonchev–Trinajstić information content (AvgIpc) is 3.08. The number of anilines is 2. The van der Waals surface area contributed by atoms with Crippen LogP contribution >= 0.6 is 0 Å².